The Balaban J connectivity index is 2.48. The normalized spacial score (nSPS) is 10.3. The van der Waals surface area contributed by atoms with Crippen LogP contribution in [-0.4, -0.2) is 45.9 Å². The lowest BCUT2D eigenvalue weighted by Crippen LogP contribution is -2.23. The third-order valence-corrected chi connectivity index (χ3v) is 2.65. The highest BCUT2D eigenvalue weighted by Gasteiger charge is 2.07. The molecule has 1 aromatic carbocycles. The summed E-state index contributed by atoms with van der Waals surface area (Å²) in [6, 6.07) is 5.18. The van der Waals surface area contributed by atoms with Crippen LogP contribution >= 0.6 is 0 Å². The van der Waals surface area contributed by atoms with E-state index in [2.05, 4.69) is 10.6 Å². The number of methoxy groups -OCH3 is 1. The van der Waals surface area contributed by atoms with Crippen LogP contribution in [0.1, 0.15) is 17.3 Å². The molecule has 1 rings (SSSR count). The lowest BCUT2D eigenvalue weighted by Gasteiger charge is -2.11. The molecule has 20 heavy (non-hydrogen) atoms. The van der Waals surface area contributed by atoms with Crippen molar-refractivity contribution in [2.75, 3.05) is 51.1 Å². The summed E-state index contributed by atoms with van der Waals surface area (Å²) in [5.74, 6) is -0.105. The van der Waals surface area contributed by atoms with Crippen LogP contribution in [0, 0.1) is 0 Å². The summed E-state index contributed by atoms with van der Waals surface area (Å²) in [7, 11) is 1.63. The lowest BCUT2D eigenvalue weighted by molar-refractivity contribution is 0.0759. The van der Waals surface area contributed by atoms with Crippen molar-refractivity contribution in [1.82, 2.24) is 5.32 Å². The van der Waals surface area contributed by atoms with Gasteiger partial charge in [0, 0.05) is 25.8 Å². The topological polar surface area (TPSA) is 85.6 Å². The second-order valence-electron chi connectivity index (χ2n) is 4.19. The largest absolute Gasteiger partial charge is 0.397 e. The van der Waals surface area contributed by atoms with Gasteiger partial charge < -0.3 is 25.8 Å². The van der Waals surface area contributed by atoms with Gasteiger partial charge >= 0.3 is 0 Å². The molecular formula is C14H23N3O3. The zero-order chi connectivity index (χ0) is 14.8. The fourth-order valence-electron chi connectivity index (χ4n) is 1.62. The zero-order valence-electron chi connectivity index (χ0n) is 12.1. The minimum absolute atomic E-state index is 0.105. The summed E-state index contributed by atoms with van der Waals surface area (Å²) >= 11 is 0. The van der Waals surface area contributed by atoms with E-state index in [9.17, 15) is 4.79 Å². The van der Waals surface area contributed by atoms with E-state index < -0.39 is 0 Å². The number of carbonyl (C=O) groups is 1. The highest BCUT2D eigenvalue weighted by atomic mass is 16.5. The molecule has 0 saturated heterocycles. The predicted octanol–water partition coefficient (Wildman–Crippen LogP) is 1.09. The Bertz CT molecular complexity index is 424. The minimum atomic E-state index is -0.105. The summed E-state index contributed by atoms with van der Waals surface area (Å²) in [5.41, 5.74) is 7.80. The Morgan fingerprint density at radius 1 is 1.30 bits per heavy atom. The first kappa shape index (κ1) is 16.3. The van der Waals surface area contributed by atoms with E-state index >= 15 is 0 Å². The number of hydrogen-bond donors (Lipinski definition) is 3. The van der Waals surface area contributed by atoms with Crippen molar-refractivity contribution in [1.29, 1.82) is 0 Å². The van der Waals surface area contributed by atoms with E-state index in [1.807, 2.05) is 6.92 Å². The van der Waals surface area contributed by atoms with E-state index in [0.29, 0.717) is 44.2 Å². The first-order valence-electron chi connectivity index (χ1n) is 6.67. The van der Waals surface area contributed by atoms with Gasteiger partial charge in [-0.2, -0.15) is 0 Å². The molecule has 6 nitrogen and oxygen atoms in total. The number of rotatable bonds is 9. The number of nitrogens with two attached hydrogens (primary N) is 1. The third kappa shape index (κ3) is 5.46. The standard InChI is InChI=1S/C14H23N3O3/c1-3-16-14(18)11-4-5-12(15)13(10-11)17-6-7-20-9-8-19-2/h4-5,10,17H,3,6-9,15H2,1-2H3,(H,16,18). The number of nitrogens with one attached hydrogen (secondary N) is 2. The molecule has 0 radical (unpaired) electrons. The molecule has 0 aliphatic heterocycles. The molecule has 0 spiro atoms. The molecular weight excluding hydrogens is 258 g/mol. The summed E-state index contributed by atoms with van der Waals surface area (Å²) in [6.07, 6.45) is 0. The quantitative estimate of drug-likeness (QED) is 0.466. The van der Waals surface area contributed by atoms with Crippen LogP contribution < -0.4 is 16.4 Å². The third-order valence-electron chi connectivity index (χ3n) is 2.65. The fourth-order valence-corrected chi connectivity index (χ4v) is 1.62. The number of anilines is 2. The van der Waals surface area contributed by atoms with Gasteiger partial charge in [0.05, 0.1) is 31.2 Å². The summed E-state index contributed by atoms with van der Waals surface area (Å²) in [5, 5.41) is 5.91. The van der Waals surface area contributed by atoms with E-state index in [0.717, 1.165) is 5.69 Å². The molecule has 0 saturated carbocycles. The maximum Gasteiger partial charge on any atom is 0.251 e. The maximum atomic E-state index is 11.7. The number of ether oxygens (including phenoxy) is 2. The van der Waals surface area contributed by atoms with Gasteiger partial charge in [0.25, 0.3) is 5.91 Å². The first-order valence-corrected chi connectivity index (χ1v) is 6.67. The fraction of sp³-hybridized carbons (Fsp3) is 0.500. The van der Waals surface area contributed by atoms with Crippen molar-refractivity contribution in [2.45, 2.75) is 6.92 Å². The number of nitrogen functional groups attached to an aromatic ring is 1. The monoisotopic (exact) mass is 281 g/mol. The van der Waals surface area contributed by atoms with Gasteiger partial charge in [-0.1, -0.05) is 0 Å². The molecule has 1 amide bonds. The lowest BCUT2D eigenvalue weighted by atomic mass is 10.1. The number of amides is 1. The average molecular weight is 281 g/mol. The van der Waals surface area contributed by atoms with E-state index in [1.165, 1.54) is 0 Å². The van der Waals surface area contributed by atoms with Gasteiger partial charge in [0.2, 0.25) is 0 Å². The highest BCUT2D eigenvalue weighted by molar-refractivity contribution is 5.96. The molecule has 6 heteroatoms. The van der Waals surface area contributed by atoms with Crippen molar-refractivity contribution < 1.29 is 14.3 Å². The Kier molecular flexibility index (Phi) is 7.46. The van der Waals surface area contributed by atoms with Gasteiger partial charge in [0.1, 0.15) is 0 Å². The smallest absolute Gasteiger partial charge is 0.251 e. The van der Waals surface area contributed by atoms with Crippen molar-refractivity contribution in [3.05, 3.63) is 23.8 Å². The molecule has 0 unspecified atom stereocenters. The van der Waals surface area contributed by atoms with Crippen molar-refractivity contribution in [2.24, 2.45) is 0 Å². The van der Waals surface area contributed by atoms with Crippen LogP contribution in [0.5, 0.6) is 0 Å². The minimum Gasteiger partial charge on any atom is -0.397 e. The van der Waals surface area contributed by atoms with E-state index in [1.54, 1.807) is 25.3 Å². The molecule has 0 atom stereocenters. The number of hydrogen-bond acceptors (Lipinski definition) is 5. The van der Waals surface area contributed by atoms with Crippen molar-refractivity contribution in [3.8, 4) is 0 Å². The maximum absolute atomic E-state index is 11.7. The van der Waals surface area contributed by atoms with Gasteiger partial charge in [0.15, 0.2) is 0 Å². The Morgan fingerprint density at radius 2 is 2.10 bits per heavy atom. The van der Waals surface area contributed by atoms with Crippen LogP contribution in [0.2, 0.25) is 0 Å². The van der Waals surface area contributed by atoms with Gasteiger partial charge in [-0.15, -0.1) is 0 Å². The zero-order valence-corrected chi connectivity index (χ0v) is 12.1. The van der Waals surface area contributed by atoms with Crippen LogP contribution in [0.25, 0.3) is 0 Å². The predicted molar refractivity (Wildman–Crippen MR) is 80.0 cm³/mol. The molecule has 0 aromatic heterocycles. The second-order valence-corrected chi connectivity index (χ2v) is 4.19. The molecule has 112 valence electrons. The number of benzene rings is 1. The van der Waals surface area contributed by atoms with E-state index in [4.69, 9.17) is 15.2 Å². The summed E-state index contributed by atoms with van der Waals surface area (Å²) < 4.78 is 10.2. The molecule has 0 fully saturated rings. The Labute approximate surface area is 119 Å². The van der Waals surface area contributed by atoms with Gasteiger partial charge in [-0.25, -0.2) is 0 Å². The highest BCUT2D eigenvalue weighted by Crippen LogP contribution is 2.19. The SMILES string of the molecule is CCNC(=O)c1ccc(N)c(NCCOCCOC)c1. The van der Waals surface area contributed by atoms with Crippen molar-refractivity contribution >= 4 is 17.3 Å². The van der Waals surface area contributed by atoms with Crippen LogP contribution in [0.15, 0.2) is 18.2 Å². The van der Waals surface area contributed by atoms with Crippen LogP contribution in [-0.2, 0) is 9.47 Å². The summed E-state index contributed by atoms with van der Waals surface area (Å²) in [4.78, 5) is 11.7. The van der Waals surface area contributed by atoms with Gasteiger partial charge in [-0.3, -0.25) is 4.79 Å². The molecule has 0 aliphatic carbocycles. The van der Waals surface area contributed by atoms with Crippen LogP contribution in [0.3, 0.4) is 0 Å². The second kappa shape index (κ2) is 9.17. The van der Waals surface area contributed by atoms with Gasteiger partial charge in [-0.05, 0) is 25.1 Å². The Morgan fingerprint density at radius 3 is 2.80 bits per heavy atom. The first-order chi connectivity index (χ1) is 9.69. The van der Waals surface area contributed by atoms with E-state index in [-0.39, 0.29) is 5.91 Å². The number of carbonyl (C=O) groups excluding carboxylic acids is 1. The Hall–Kier alpha value is -1.79. The molecule has 0 heterocycles. The average Bonchev–Trinajstić information content (AvgIpc) is 2.44. The molecule has 4 N–H and O–H groups in total. The van der Waals surface area contributed by atoms with Crippen molar-refractivity contribution in [3.63, 3.8) is 0 Å². The van der Waals surface area contributed by atoms with Crippen LogP contribution in [0.4, 0.5) is 11.4 Å². The molecule has 0 bridgehead atoms. The summed E-state index contributed by atoms with van der Waals surface area (Å²) in [6.45, 7) is 4.79. The molecule has 1 aromatic rings. The molecule has 0 aliphatic rings.